The highest BCUT2D eigenvalue weighted by atomic mass is 16.4. The number of furan rings is 1. The molecule has 3 rings (SSSR count). The van der Waals surface area contributed by atoms with E-state index in [4.69, 9.17) is 4.42 Å². The van der Waals surface area contributed by atoms with Crippen molar-refractivity contribution in [3.8, 4) is 0 Å². The quantitative estimate of drug-likeness (QED) is 0.827. The number of ketones is 1. The number of carboxylic acid groups (broad SMARTS) is 1. The van der Waals surface area contributed by atoms with Gasteiger partial charge >= 0.3 is 5.97 Å². The molecule has 0 aromatic carbocycles. The molecule has 0 unspecified atom stereocenters. The van der Waals surface area contributed by atoms with Crippen LogP contribution in [0.5, 0.6) is 0 Å². The Morgan fingerprint density at radius 2 is 2.12 bits per heavy atom. The van der Waals surface area contributed by atoms with Crippen LogP contribution in [-0.2, 0) is 4.79 Å². The molecule has 1 heterocycles. The number of carbonyl (C=O) groups is 2. The molecular formula is C20H24O4. The summed E-state index contributed by atoms with van der Waals surface area (Å²) in [6.45, 7) is 6.34. The zero-order chi connectivity index (χ0) is 17.5. The molecule has 1 N–H and O–H groups in total. The van der Waals surface area contributed by atoms with E-state index in [1.54, 1.807) is 12.1 Å². The van der Waals surface area contributed by atoms with Crippen LogP contribution in [0.25, 0.3) is 0 Å². The number of rotatable bonds is 4. The van der Waals surface area contributed by atoms with E-state index >= 15 is 0 Å². The van der Waals surface area contributed by atoms with Gasteiger partial charge in [-0.2, -0.15) is 0 Å². The standard InChI is InChI=1S/C20H24O4/c1-13-7-9-19(2)15(18(22)23)5-4-6-17(19)20(13,3)11-16(21)14-8-10-24-12-14/h4-6,8,10,12-13,17H,7,9,11H2,1-3H3,(H,22,23)/t13-,17+,19+,20+/m1/s1. The van der Waals surface area contributed by atoms with Crippen LogP contribution in [0.4, 0.5) is 0 Å². The monoisotopic (exact) mass is 328 g/mol. The number of carboxylic acids is 1. The Balaban J connectivity index is 1.97. The van der Waals surface area contributed by atoms with Crippen molar-refractivity contribution in [2.24, 2.45) is 22.7 Å². The van der Waals surface area contributed by atoms with Gasteiger partial charge in [0.25, 0.3) is 0 Å². The summed E-state index contributed by atoms with van der Waals surface area (Å²) < 4.78 is 5.04. The molecule has 4 nitrogen and oxygen atoms in total. The number of hydrogen-bond donors (Lipinski definition) is 1. The van der Waals surface area contributed by atoms with Gasteiger partial charge < -0.3 is 9.52 Å². The first-order chi connectivity index (χ1) is 11.3. The van der Waals surface area contributed by atoms with Gasteiger partial charge in [-0.05, 0) is 36.2 Å². The lowest BCUT2D eigenvalue weighted by Crippen LogP contribution is -2.50. The summed E-state index contributed by atoms with van der Waals surface area (Å²) in [5, 5.41) is 9.63. The fourth-order valence-electron chi connectivity index (χ4n) is 4.69. The normalized spacial score (nSPS) is 35.2. The summed E-state index contributed by atoms with van der Waals surface area (Å²) in [7, 11) is 0. The highest BCUT2D eigenvalue weighted by molar-refractivity contribution is 5.96. The first-order valence-corrected chi connectivity index (χ1v) is 8.46. The summed E-state index contributed by atoms with van der Waals surface area (Å²) >= 11 is 0. The summed E-state index contributed by atoms with van der Waals surface area (Å²) in [4.78, 5) is 24.4. The summed E-state index contributed by atoms with van der Waals surface area (Å²) in [6.07, 6.45) is 10.8. The van der Waals surface area contributed by atoms with E-state index in [2.05, 4.69) is 19.9 Å². The molecule has 0 spiro atoms. The SMILES string of the molecule is C[C@@H]1CC[C@@]2(C)C(C(=O)O)=CC=C[C@@H]2[C@@]1(C)CC(=O)c1ccoc1. The molecule has 4 heteroatoms. The van der Waals surface area contributed by atoms with Crippen LogP contribution in [0, 0.1) is 22.7 Å². The van der Waals surface area contributed by atoms with Crippen molar-refractivity contribution in [3.63, 3.8) is 0 Å². The molecule has 4 atom stereocenters. The Hall–Kier alpha value is -2.10. The second-order valence-electron chi connectivity index (χ2n) is 7.72. The molecule has 1 aromatic rings. The van der Waals surface area contributed by atoms with E-state index in [0.29, 0.717) is 23.5 Å². The highest BCUT2D eigenvalue weighted by Gasteiger charge is 2.55. The van der Waals surface area contributed by atoms with Crippen LogP contribution < -0.4 is 0 Å². The fraction of sp³-hybridized carbons (Fsp3) is 0.500. The molecule has 2 aliphatic carbocycles. The molecule has 2 aliphatic rings. The molecule has 0 saturated heterocycles. The number of carbonyl (C=O) groups excluding carboxylic acids is 1. The molecule has 1 fully saturated rings. The minimum Gasteiger partial charge on any atom is -0.478 e. The maximum atomic E-state index is 12.7. The Kier molecular flexibility index (Phi) is 4.02. The molecule has 1 saturated carbocycles. The third kappa shape index (κ3) is 2.45. The van der Waals surface area contributed by atoms with E-state index in [0.717, 1.165) is 12.8 Å². The Bertz CT molecular complexity index is 712. The summed E-state index contributed by atoms with van der Waals surface area (Å²) in [5.74, 6) is -0.433. The highest BCUT2D eigenvalue weighted by Crippen LogP contribution is 2.60. The molecule has 0 radical (unpaired) electrons. The van der Waals surface area contributed by atoms with Crippen molar-refractivity contribution >= 4 is 11.8 Å². The van der Waals surface area contributed by atoms with Gasteiger partial charge in [0, 0.05) is 17.4 Å². The van der Waals surface area contributed by atoms with Gasteiger partial charge in [0.2, 0.25) is 0 Å². The smallest absolute Gasteiger partial charge is 0.332 e. The number of Topliss-reactive ketones (excluding diaryl/α,β-unsaturated/α-hetero) is 1. The van der Waals surface area contributed by atoms with Gasteiger partial charge in [0.05, 0.1) is 11.8 Å². The van der Waals surface area contributed by atoms with Crippen molar-refractivity contribution in [1.82, 2.24) is 0 Å². The van der Waals surface area contributed by atoms with Crippen molar-refractivity contribution in [2.75, 3.05) is 0 Å². The first kappa shape index (κ1) is 16.7. The second-order valence-corrected chi connectivity index (χ2v) is 7.72. The minimum absolute atomic E-state index is 0.0284. The molecule has 128 valence electrons. The van der Waals surface area contributed by atoms with Gasteiger partial charge in [0.1, 0.15) is 6.26 Å². The largest absolute Gasteiger partial charge is 0.478 e. The Labute approximate surface area is 142 Å². The van der Waals surface area contributed by atoms with Crippen molar-refractivity contribution < 1.29 is 19.1 Å². The number of fused-ring (bicyclic) bond motifs is 1. The second kappa shape index (κ2) is 5.76. The average molecular weight is 328 g/mol. The summed E-state index contributed by atoms with van der Waals surface area (Å²) in [6, 6.07) is 1.69. The first-order valence-electron chi connectivity index (χ1n) is 8.46. The Morgan fingerprint density at radius 1 is 1.38 bits per heavy atom. The molecule has 24 heavy (non-hydrogen) atoms. The van der Waals surface area contributed by atoms with Gasteiger partial charge in [-0.25, -0.2) is 4.79 Å². The third-order valence-corrected chi connectivity index (χ3v) is 6.42. The number of aliphatic carboxylic acids is 1. The lowest BCUT2D eigenvalue weighted by atomic mass is 9.48. The number of allylic oxidation sites excluding steroid dienone is 3. The van der Waals surface area contributed by atoms with Crippen molar-refractivity contribution in [1.29, 1.82) is 0 Å². The van der Waals surface area contributed by atoms with Crippen LogP contribution in [0.3, 0.4) is 0 Å². The fourth-order valence-corrected chi connectivity index (χ4v) is 4.69. The van der Waals surface area contributed by atoms with Gasteiger partial charge in [0.15, 0.2) is 5.78 Å². The summed E-state index contributed by atoms with van der Waals surface area (Å²) in [5.41, 5.74) is 0.332. The molecule has 0 aliphatic heterocycles. The van der Waals surface area contributed by atoms with Crippen molar-refractivity contribution in [3.05, 3.63) is 48.0 Å². The number of hydrogen-bond acceptors (Lipinski definition) is 3. The van der Waals surface area contributed by atoms with Crippen LogP contribution in [0.1, 0.15) is 50.4 Å². The zero-order valence-electron chi connectivity index (χ0n) is 14.4. The molecule has 0 bridgehead atoms. The maximum Gasteiger partial charge on any atom is 0.332 e. The van der Waals surface area contributed by atoms with Gasteiger partial charge in [-0.1, -0.05) is 39.0 Å². The average Bonchev–Trinajstić information content (AvgIpc) is 3.05. The lowest BCUT2D eigenvalue weighted by Gasteiger charge is -2.55. The molecular weight excluding hydrogens is 304 g/mol. The van der Waals surface area contributed by atoms with E-state index < -0.39 is 11.4 Å². The predicted octanol–water partition coefficient (Wildman–Crippen LogP) is 4.49. The Morgan fingerprint density at radius 3 is 2.75 bits per heavy atom. The molecule has 0 amide bonds. The van der Waals surface area contributed by atoms with E-state index in [1.807, 2.05) is 13.0 Å². The predicted molar refractivity (Wildman–Crippen MR) is 90.6 cm³/mol. The van der Waals surface area contributed by atoms with Crippen LogP contribution in [0.2, 0.25) is 0 Å². The zero-order valence-corrected chi connectivity index (χ0v) is 14.4. The topological polar surface area (TPSA) is 67.5 Å². The van der Waals surface area contributed by atoms with E-state index in [9.17, 15) is 14.7 Å². The van der Waals surface area contributed by atoms with Crippen LogP contribution >= 0.6 is 0 Å². The maximum absolute atomic E-state index is 12.7. The van der Waals surface area contributed by atoms with E-state index in [1.165, 1.54) is 12.5 Å². The van der Waals surface area contributed by atoms with Gasteiger partial charge in [-0.15, -0.1) is 0 Å². The third-order valence-electron chi connectivity index (χ3n) is 6.42. The van der Waals surface area contributed by atoms with Crippen LogP contribution in [0.15, 0.2) is 46.8 Å². The lowest BCUT2D eigenvalue weighted by molar-refractivity contribution is -0.135. The van der Waals surface area contributed by atoms with Crippen molar-refractivity contribution in [2.45, 2.75) is 40.0 Å². The minimum atomic E-state index is -0.857. The molecule has 1 aromatic heterocycles. The van der Waals surface area contributed by atoms with E-state index in [-0.39, 0.29) is 17.1 Å². The van der Waals surface area contributed by atoms with Crippen LogP contribution in [-0.4, -0.2) is 16.9 Å². The van der Waals surface area contributed by atoms with Gasteiger partial charge in [-0.3, -0.25) is 4.79 Å².